The summed E-state index contributed by atoms with van der Waals surface area (Å²) in [4.78, 5) is 18.5. The molecule has 74 valence electrons. The van der Waals surface area contributed by atoms with Gasteiger partial charge in [0.05, 0.1) is 9.89 Å². The van der Waals surface area contributed by atoms with E-state index in [1.165, 1.54) is 0 Å². The maximum atomic E-state index is 10.6. The molecule has 1 saturated carbocycles. The zero-order valence-corrected chi connectivity index (χ0v) is 9.03. The molecule has 0 saturated heterocycles. The van der Waals surface area contributed by atoms with Gasteiger partial charge < -0.3 is 9.53 Å². The van der Waals surface area contributed by atoms with Crippen LogP contribution in [-0.2, 0) is 4.79 Å². The quantitative estimate of drug-likeness (QED) is 0.769. The Morgan fingerprint density at radius 2 is 2.14 bits per heavy atom. The number of rotatable bonds is 4. The normalized spacial score (nSPS) is 17.5. The standard InChI is InChI=1S/C9H9BrN2O2/c10-7-3-11-8(12-4-7)14-6-9(5-13)1-2-9/h3-5H,1-2,6H2. The molecule has 14 heavy (non-hydrogen) atoms. The Morgan fingerprint density at radius 1 is 1.50 bits per heavy atom. The van der Waals surface area contributed by atoms with Crippen LogP contribution in [0.15, 0.2) is 16.9 Å². The second-order valence-corrected chi connectivity index (χ2v) is 4.37. The molecule has 0 aliphatic heterocycles. The van der Waals surface area contributed by atoms with Crippen molar-refractivity contribution in [1.82, 2.24) is 9.97 Å². The summed E-state index contributed by atoms with van der Waals surface area (Å²) in [5.74, 6) is 0. The van der Waals surface area contributed by atoms with Crippen molar-refractivity contribution < 1.29 is 9.53 Å². The van der Waals surface area contributed by atoms with Crippen LogP contribution in [0.4, 0.5) is 0 Å². The predicted molar refractivity (Wildman–Crippen MR) is 53.0 cm³/mol. The smallest absolute Gasteiger partial charge is 0.316 e. The molecule has 0 atom stereocenters. The van der Waals surface area contributed by atoms with Crippen LogP contribution < -0.4 is 4.74 Å². The zero-order chi connectivity index (χ0) is 10.0. The molecule has 1 aliphatic carbocycles. The van der Waals surface area contributed by atoms with Crippen molar-refractivity contribution in [3.63, 3.8) is 0 Å². The Hall–Kier alpha value is -0.970. The summed E-state index contributed by atoms with van der Waals surface area (Å²) in [5.41, 5.74) is -0.254. The molecular formula is C9H9BrN2O2. The Kier molecular flexibility index (Phi) is 2.50. The fourth-order valence-electron chi connectivity index (χ4n) is 1.04. The molecule has 0 unspecified atom stereocenters. The van der Waals surface area contributed by atoms with Gasteiger partial charge in [0.15, 0.2) is 0 Å². The first-order valence-electron chi connectivity index (χ1n) is 4.31. The summed E-state index contributed by atoms with van der Waals surface area (Å²) >= 11 is 3.23. The van der Waals surface area contributed by atoms with Gasteiger partial charge >= 0.3 is 6.01 Å². The van der Waals surface area contributed by atoms with Crippen LogP contribution in [0.5, 0.6) is 6.01 Å². The Bertz CT molecular complexity index is 335. The van der Waals surface area contributed by atoms with Crippen molar-refractivity contribution in [3.8, 4) is 6.01 Å². The van der Waals surface area contributed by atoms with E-state index in [1.807, 2.05) is 0 Å². The third-order valence-corrected chi connectivity index (χ3v) is 2.64. The van der Waals surface area contributed by atoms with Crippen molar-refractivity contribution in [3.05, 3.63) is 16.9 Å². The van der Waals surface area contributed by atoms with Gasteiger partial charge in [0.1, 0.15) is 12.9 Å². The van der Waals surface area contributed by atoms with E-state index in [0.29, 0.717) is 12.6 Å². The molecule has 5 heteroatoms. The number of halogens is 1. The Balaban J connectivity index is 1.92. The van der Waals surface area contributed by atoms with Gasteiger partial charge in [-0.15, -0.1) is 0 Å². The SMILES string of the molecule is O=CC1(COc2ncc(Br)cn2)CC1. The second-order valence-electron chi connectivity index (χ2n) is 3.45. The lowest BCUT2D eigenvalue weighted by Gasteiger charge is -2.07. The minimum Gasteiger partial charge on any atom is -0.462 e. The third kappa shape index (κ3) is 2.09. The van der Waals surface area contributed by atoms with Gasteiger partial charge in [-0.3, -0.25) is 0 Å². The largest absolute Gasteiger partial charge is 0.462 e. The average molecular weight is 257 g/mol. The number of carbonyl (C=O) groups excluding carboxylic acids is 1. The van der Waals surface area contributed by atoms with Crippen molar-refractivity contribution in [2.45, 2.75) is 12.8 Å². The molecule has 4 nitrogen and oxygen atoms in total. The van der Waals surface area contributed by atoms with Gasteiger partial charge in [-0.1, -0.05) is 0 Å². The van der Waals surface area contributed by atoms with Gasteiger partial charge in [0, 0.05) is 12.4 Å². The number of hydrogen-bond donors (Lipinski definition) is 0. The molecule has 0 amide bonds. The number of hydrogen-bond acceptors (Lipinski definition) is 4. The highest BCUT2D eigenvalue weighted by atomic mass is 79.9. The molecule has 0 radical (unpaired) electrons. The first-order valence-corrected chi connectivity index (χ1v) is 5.10. The highest BCUT2D eigenvalue weighted by Gasteiger charge is 2.43. The fraction of sp³-hybridized carbons (Fsp3) is 0.444. The predicted octanol–water partition coefficient (Wildman–Crippen LogP) is 1.60. The van der Waals surface area contributed by atoms with E-state index in [4.69, 9.17) is 4.74 Å². The molecule has 1 heterocycles. The van der Waals surface area contributed by atoms with Crippen molar-refractivity contribution in [2.75, 3.05) is 6.61 Å². The first-order chi connectivity index (χ1) is 6.74. The lowest BCUT2D eigenvalue weighted by Crippen LogP contribution is -2.15. The molecule has 0 N–H and O–H groups in total. The van der Waals surface area contributed by atoms with Crippen LogP contribution >= 0.6 is 15.9 Å². The minimum absolute atomic E-state index is 0.254. The molecule has 0 spiro atoms. The lowest BCUT2D eigenvalue weighted by molar-refractivity contribution is -0.113. The molecule has 0 bridgehead atoms. The molecule has 0 aromatic carbocycles. The van der Waals surface area contributed by atoms with E-state index in [9.17, 15) is 4.79 Å². The molecule has 1 aliphatic rings. The summed E-state index contributed by atoms with van der Waals surface area (Å²) in [7, 11) is 0. The van der Waals surface area contributed by atoms with Crippen LogP contribution in [0.2, 0.25) is 0 Å². The van der Waals surface area contributed by atoms with E-state index >= 15 is 0 Å². The van der Waals surface area contributed by atoms with Crippen LogP contribution in [-0.4, -0.2) is 22.9 Å². The monoisotopic (exact) mass is 256 g/mol. The van der Waals surface area contributed by atoms with Gasteiger partial charge in [0.25, 0.3) is 0 Å². The maximum Gasteiger partial charge on any atom is 0.316 e. The van der Waals surface area contributed by atoms with Crippen molar-refractivity contribution in [1.29, 1.82) is 0 Å². The molecule has 1 aromatic heterocycles. The van der Waals surface area contributed by atoms with Crippen LogP contribution in [0.3, 0.4) is 0 Å². The number of carbonyl (C=O) groups is 1. The Morgan fingerprint density at radius 3 is 2.64 bits per heavy atom. The first kappa shape index (κ1) is 9.58. The molecule has 1 fully saturated rings. The topological polar surface area (TPSA) is 52.1 Å². The highest BCUT2D eigenvalue weighted by Crippen LogP contribution is 2.43. The van der Waals surface area contributed by atoms with Crippen molar-refractivity contribution >= 4 is 22.2 Å². The molecular weight excluding hydrogens is 248 g/mol. The highest BCUT2D eigenvalue weighted by molar-refractivity contribution is 9.10. The van der Waals surface area contributed by atoms with Crippen molar-refractivity contribution in [2.24, 2.45) is 5.41 Å². The van der Waals surface area contributed by atoms with E-state index in [2.05, 4.69) is 25.9 Å². The Labute approximate surface area is 89.8 Å². The van der Waals surface area contributed by atoms with Gasteiger partial charge in [-0.05, 0) is 28.8 Å². The van der Waals surface area contributed by atoms with Crippen LogP contribution in [0.25, 0.3) is 0 Å². The summed E-state index contributed by atoms with van der Waals surface area (Å²) in [6.45, 7) is 0.387. The van der Waals surface area contributed by atoms with Crippen LogP contribution in [0.1, 0.15) is 12.8 Å². The zero-order valence-electron chi connectivity index (χ0n) is 7.44. The van der Waals surface area contributed by atoms with E-state index in [0.717, 1.165) is 23.6 Å². The van der Waals surface area contributed by atoms with E-state index in [-0.39, 0.29) is 5.41 Å². The summed E-state index contributed by atoms with van der Waals surface area (Å²) < 4.78 is 6.11. The minimum atomic E-state index is -0.254. The summed E-state index contributed by atoms with van der Waals surface area (Å²) in [5, 5.41) is 0. The summed E-state index contributed by atoms with van der Waals surface area (Å²) in [6, 6.07) is 0.321. The number of aromatic nitrogens is 2. The number of ether oxygens (including phenoxy) is 1. The second kappa shape index (κ2) is 3.65. The molecule has 1 aromatic rings. The summed E-state index contributed by atoms with van der Waals surface area (Å²) in [6.07, 6.45) is 6.01. The average Bonchev–Trinajstić information content (AvgIpc) is 2.98. The molecule has 2 rings (SSSR count). The van der Waals surface area contributed by atoms with Gasteiger partial charge in [0.2, 0.25) is 0 Å². The van der Waals surface area contributed by atoms with Gasteiger partial charge in [-0.2, -0.15) is 0 Å². The lowest BCUT2D eigenvalue weighted by atomic mass is 10.2. The van der Waals surface area contributed by atoms with Crippen LogP contribution in [0, 0.1) is 5.41 Å². The fourth-order valence-corrected chi connectivity index (χ4v) is 1.24. The number of aldehydes is 1. The van der Waals surface area contributed by atoms with Gasteiger partial charge in [-0.25, -0.2) is 9.97 Å². The third-order valence-electron chi connectivity index (χ3n) is 2.23. The number of nitrogens with zero attached hydrogens (tertiary/aromatic N) is 2. The van der Waals surface area contributed by atoms with E-state index < -0.39 is 0 Å². The maximum absolute atomic E-state index is 10.6. The van der Waals surface area contributed by atoms with E-state index in [1.54, 1.807) is 12.4 Å².